The maximum absolute atomic E-state index is 5.34. The minimum absolute atomic E-state index is 0.668. The van der Waals surface area contributed by atoms with Crippen molar-refractivity contribution < 1.29 is 9.15 Å². The maximum Gasteiger partial charge on any atom is 0.364 e. The molecule has 0 N–H and O–H groups in total. The molecule has 0 aromatic carbocycles. The van der Waals surface area contributed by atoms with E-state index in [9.17, 15) is 0 Å². The molecule has 2 heterocycles. The molecule has 1 aromatic rings. The molecule has 2 nitrogen and oxygen atoms in total. The molecule has 0 saturated carbocycles. The van der Waals surface area contributed by atoms with Gasteiger partial charge in [-0.15, -0.1) is 0 Å². The molecule has 0 radical (unpaired) electrons. The van der Waals surface area contributed by atoms with Crippen molar-refractivity contribution in [2.24, 2.45) is 0 Å². The number of furan rings is 1. The topological polar surface area (TPSA) is 22.4 Å². The van der Waals surface area contributed by atoms with Crippen LogP contribution < -0.4 is 4.62 Å². The van der Waals surface area contributed by atoms with E-state index in [1.807, 2.05) is 6.07 Å². The van der Waals surface area contributed by atoms with Gasteiger partial charge < -0.3 is 9.15 Å². The third-order valence-corrected chi connectivity index (χ3v) is 5.86. The predicted octanol–water partition coefficient (Wildman–Crippen LogP) is 2.82. The van der Waals surface area contributed by atoms with Gasteiger partial charge in [0.15, 0.2) is 0 Å². The van der Waals surface area contributed by atoms with Crippen LogP contribution in [-0.4, -0.2) is 27.4 Å². The molecular formula is C12H21AlO2. The first kappa shape index (κ1) is 12.8. The summed E-state index contributed by atoms with van der Waals surface area (Å²) in [7, 11) is 0. The summed E-state index contributed by atoms with van der Waals surface area (Å²) in [6.07, 6.45) is 4.33. The summed E-state index contributed by atoms with van der Waals surface area (Å²) < 4.78 is 11.6. The van der Waals surface area contributed by atoms with Crippen molar-refractivity contribution in [3.63, 3.8) is 0 Å². The average Bonchev–Trinajstić information content (AvgIpc) is 2.96. The van der Waals surface area contributed by atoms with Gasteiger partial charge in [-0.1, -0.05) is 24.4 Å². The summed E-state index contributed by atoms with van der Waals surface area (Å²) in [6, 6.07) is 4.10. The van der Waals surface area contributed by atoms with Crippen LogP contribution in [-0.2, 0) is 4.74 Å². The smallest absolute Gasteiger partial charge is 0.364 e. The zero-order chi connectivity index (χ0) is 10.9. The zero-order valence-electron chi connectivity index (χ0n) is 9.87. The van der Waals surface area contributed by atoms with Crippen molar-refractivity contribution in [2.45, 2.75) is 37.3 Å². The molecule has 1 saturated heterocycles. The summed E-state index contributed by atoms with van der Waals surface area (Å²) in [4.78, 5) is 0. The Hall–Kier alpha value is -0.228. The van der Waals surface area contributed by atoms with Gasteiger partial charge in [-0.25, -0.2) is 0 Å². The highest BCUT2D eigenvalue weighted by molar-refractivity contribution is 6.71. The maximum atomic E-state index is 5.34. The lowest BCUT2D eigenvalue weighted by Gasteiger charge is -1.99. The van der Waals surface area contributed by atoms with Crippen LogP contribution in [0.2, 0.25) is 10.6 Å². The molecule has 3 heteroatoms. The first-order valence-corrected chi connectivity index (χ1v) is 8.20. The second-order valence-electron chi connectivity index (χ2n) is 3.85. The number of ether oxygens (including phenoxy) is 1. The van der Waals surface area contributed by atoms with Crippen LogP contribution in [0.25, 0.3) is 0 Å². The molecule has 84 valence electrons. The average molecular weight is 224 g/mol. The van der Waals surface area contributed by atoms with Gasteiger partial charge in [0.25, 0.3) is 0 Å². The lowest BCUT2D eigenvalue weighted by Crippen LogP contribution is -2.26. The molecule has 0 unspecified atom stereocenters. The SMILES string of the molecule is C1CCOC1.C[CH2][Al]([CH2]C)[c]1ccco1. The largest absolute Gasteiger partial charge is 0.488 e. The van der Waals surface area contributed by atoms with E-state index >= 15 is 0 Å². The van der Waals surface area contributed by atoms with E-state index in [-0.39, 0.29) is 0 Å². The Morgan fingerprint density at radius 2 is 1.87 bits per heavy atom. The van der Waals surface area contributed by atoms with Gasteiger partial charge in [0.2, 0.25) is 0 Å². The first-order chi connectivity index (χ1) is 7.38. The Labute approximate surface area is 97.0 Å². The van der Waals surface area contributed by atoms with E-state index in [1.54, 1.807) is 6.26 Å². The second kappa shape index (κ2) is 7.99. The molecule has 2 rings (SSSR count). The number of rotatable bonds is 3. The van der Waals surface area contributed by atoms with Gasteiger partial charge in [-0.3, -0.25) is 0 Å². The lowest BCUT2D eigenvalue weighted by molar-refractivity contribution is 0.198. The Morgan fingerprint density at radius 3 is 2.20 bits per heavy atom. The van der Waals surface area contributed by atoms with Gasteiger partial charge in [0.05, 0.1) is 6.26 Å². The van der Waals surface area contributed by atoms with Crippen LogP contribution in [0.1, 0.15) is 26.7 Å². The van der Waals surface area contributed by atoms with Gasteiger partial charge in [-0.05, 0) is 25.0 Å². The summed E-state index contributed by atoms with van der Waals surface area (Å²) in [5, 5.41) is 2.62. The fourth-order valence-electron chi connectivity index (χ4n) is 1.72. The summed E-state index contributed by atoms with van der Waals surface area (Å²) in [5.74, 6) is 0. The normalized spacial score (nSPS) is 14.5. The summed E-state index contributed by atoms with van der Waals surface area (Å²) in [5.41, 5.74) is 0. The van der Waals surface area contributed by atoms with Crippen LogP contribution in [0, 0.1) is 0 Å². The van der Waals surface area contributed by atoms with Crippen LogP contribution in [0.4, 0.5) is 0 Å². The zero-order valence-corrected chi connectivity index (χ0v) is 11.0. The quantitative estimate of drug-likeness (QED) is 0.737. The minimum atomic E-state index is -0.668. The highest BCUT2D eigenvalue weighted by Crippen LogP contribution is 1.99. The molecule has 0 aliphatic carbocycles. The summed E-state index contributed by atoms with van der Waals surface area (Å²) >= 11 is -0.668. The monoisotopic (exact) mass is 224 g/mol. The van der Waals surface area contributed by atoms with Crippen molar-refractivity contribution in [1.82, 2.24) is 0 Å². The van der Waals surface area contributed by atoms with Crippen molar-refractivity contribution in [1.29, 1.82) is 0 Å². The predicted molar refractivity (Wildman–Crippen MR) is 65.1 cm³/mol. The molecule has 1 fully saturated rings. The standard InChI is InChI=1S/C4H8O.C4H3O.2C2H5.Al/c2*1-2-4-5-3-1;2*1-2;/h1-4H2;1-3H;2*1H2,2H3;. The Balaban J connectivity index is 0.000000187. The van der Waals surface area contributed by atoms with Gasteiger partial charge in [0.1, 0.15) is 0 Å². The fraction of sp³-hybridized carbons (Fsp3) is 0.667. The van der Waals surface area contributed by atoms with E-state index in [2.05, 4.69) is 19.9 Å². The van der Waals surface area contributed by atoms with Crippen LogP contribution >= 0.6 is 0 Å². The molecular weight excluding hydrogens is 203 g/mol. The number of hydrogen-bond donors (Lipinski definition) is 0. The van der Waals surface area contributed by atoms with E-state index in [1.165, 1.54) is 28.0 Å². The minimum Gasteiger partial charge on any atom is -0.488 e. The van der Waals surface area contributed by atoms with E-state index in [4.69, 9.17) is 9.15 Å². The van der Waals surface area contributed by atoms with Crippen LogP contribution in [0.5, 0.6) is 0 Å². The Kier molecular flexibility index (Phi) is 6.84. The van der Waals surface area contributed by atoms with Crippen molar-refractivity contribution in [3.8, 4) is 0 Å². The molecule has 1 aliphatic rings. The Bertz CT molecular complexity index is 218. The molecule has 15 heavy (non-hydrogen) atoms. The van der Waals surface area contributed by atoms with Crippen LogP contribution in [0.3, 0.4) is 0 Å². The third-order valence-electron chi connectivity index (χ3n) is 2.76. The Morgan fingerprint density at radius 1 is 1.20 bits per heavy atom. The van der Waals surface area contributed by atoms with Crippen molar-refractivity contribution in [2.75, 3.05) is 13.2 Å². The first-order valence-electron chi connectivity index (χ1n) is 5.99. The van der Waals surface area contributed by atoms with Gasteiger partial charge >= 0.3 is 14.1 Å². The number of hydrogen-bond acceptors (Lipinski definition) is 2. The van der Waals surface area contributed by atoms with Gasteiger partial charge in [-0.2, -0.15) is 0 Å². The molecule has 0 amide bonds. The van der Waals surface area contributed by atoms with Crippen LogP contribution in [0.15, 0.2) is 22.8 Å². The van der Waals surface area contributed by atoms with Crippen molar-refractivity contribution in [3.05, 3.63) is 18.4 Å². The molecule has 1 aromatic heterocycles. The van der Waals surface area contributed by atoms with E-state index < -0.39 is 14.1 Å². The second-order valence-corrected chi connectivity index (χ2v) is 7.44. The third kappa shape index (κ3) is 4.88. The lowest BCUT2D eigenvalue weighted by atomic mass is 10.4. The highest BCUT2D eigenvalue weighted by atomic mass is 27.2. The van der Waals surface area contributed by atoms with E-state index in [0.717, 1.165) is 13.2 Å². The van der Waals surface area contributed by atoms with Gasteiger partial charge in [0, 0.05) is 17.8 Å². The van der Waals surface area contributed by atoms with E-state index in [0.29, 0.717) is 0 Å². The highest BCUT2D eigenvalue weighted by Gasteiger charge is 2.17. The summed E-state index contributed by atoms with van der Waals surface area (Å²) in [6.45, 7) is 6.51. The molecule has 1 aliphatic heterocycles. The molecule has 0 spiro atoms. The molecule has 0 bridgehead atoms. The fourth-order valence-corrected chi connectivity index (χ4v) is 3.76. The van der Waals surface area contributed by atoms with Crippen molar-refractivity contribution >= 4 is 18.8 Å². The molecule has 0 atom stereocenters.